The van der Waals surface area contributed by atoms with E-state index in [0.29, 0.717) is 5.41 Å². The first kappa shape index (κ1) is 9.05. The van der Waals surface area contributed by atoms with Crippen molar-refractivity contribution in [2.75, 3.05) is 0 Å². The average Bonchev–Trinajstić information content (AvgIpc) is 2.51. The average molecular weight is 176 g/mol. The van der Waals surface area contributed by atoms with Crippen molar-refractivity contribution >= 4 is 0 Å². The van der Waals surface area contributed by atoms with Gasteiger partial charge in [-0.25, -0.2) is 0 Å². The van der Waals surface area contributed by atoms with Gasteiger partial charge in [-0.3, -0.25) is 0 Å². The van der Waals surface area contributed by atoms with Crippen molar-refractivity contribution in [3.8, 4) is 0 Å². The second kappa shape index (κ2) is 2.73. The normalized spacial score (nSPS) is 32.9. The van der Waals surface area contributed by atoms with Crippen molar-refractivity contribution in [1.82, 2.24) is 0 Å². The lowest BCUT2D eigenvalue weighted by Crippen LogP contribution is -2.06. The van der Waals surface area contributed by atoms with Gasteiger partial charge in [-0.2, -0.15) is 0 Å². The van der Waals surface area contributed by atoms with Crippen LogP contribution in [0.4, 0.5) is 0 Å². The van der Waals surface area contributed by atoms with Gasteiger partial charge < -0.3 is 0 Å². The van der Waals surface area contributed by atoms with E-state index in [9.17, 15) is 0 Å². The zero-order chi connectivity index (χ0) is 9.64. The molecule has 2 aliphatic carbocycles. The summed E-state index contributed by atoms with van der Waals surface area (Å²) in [6, 6.07) is 0. The maximum atomic E-state index is 2.50. The van der Waals surface area contributed by atoms with Crippen LogP contribution in [0.25, 0.3) is 0 Å². The molecule has 0 heteroatoms. The Labute approximate surface area is 81.7 Å². The Bertz CT molecular complexity index is 273. The number of fused-ring (bicyclic) bond motifs is 1. The van der Waals surface area contributed by atoms with Gasteiger partial charge in [0.25, 0.3) is 0 Å². The molecule has 0 nitrogen and oxygen atoms in total. The molecule has 13 heavy (non-hydrogen) atoms. The van der Waals surface area contributed by atoms with Crippen molar-refractivity contribution in [1.29, 1.82) is 0 Å². The first-order chi connectivity index (χ1) is 5.98. The summed E-state index contributed by atoms with van der Waals surface area (Å²) >= 11 is 0. The van der Waals surface area contributed by atoms with Gasteiger partial charge in [0.05, 0.1) is 0 Å². The Morgan fingerprint density at radius 3 is 2.46 bits per heavy atom. The summed E-state index contributed by atoms with van der Waals surface area (Å²) in [7, 11) is 0. The number of allylic oxidation sites excluding steroid dienone is 4. The van der Waals surface area contributed by atoms with Crippen LogP contribution >= 0.6 is 0 Å². The van der Waals surface area contributed by atoms with E-state index in [1.165, 1.54) is 12.8 Å². The second-order valence-corrected chi connectivity index (χ2v) is 5.60. The molecule has 0 saturated heterocycles. The summed E-state index contributed by atoms with van der Waals surface area (Å²) < 4.78 is 0. The zero-order valence-electron chi connectivity index (χ0n) is 9.22. The SMILES string of the molecule is CC1CCC2C=C(C(C)(C)C)C=C12. The third kappa shape index (κ3) is 1.47. The van der Waals surface area contributed by atoms with Gasteiger partial charge >= 0.3 is 0 Å². The molecule has 2 atom stereocenters. The lowest BCUT2D eigenvalue weighted by atomic mass is 9.86. The molecule has 2 aliphatic rings. The van der Waals surface area contributed by atoms with Crippen LogP contribution in [0.15, 0.2) is 23.3 Å². The van der Waals surface area contributed by atoms with E-state index in [0.717, 1.165) is 11.8 Å². The molecule has 0 heterocycles. The van der Waals surface area contributed by atoms with Gasteiger partial charge in [-0.1, -0.05) is 45.4 Å². The summed E-state index contributed by atoms with van der Waals surface area (Å²) in [6.45, 7) is 9.29. The third-order valence-corrected chi connectivity index (χ3v) is 3.48. The Hall–Kier alpha value is -0.520. The zero-order valence-corrected chi connectivity index (χ0v) is 9.22. The summed E-state index contributed by atoms with van der Waals surface area (Å²) in [6.07, 6.45) is 7.73. The van der Waals surface area contributed by atoms with Gasteiger partial charge in [0.15, 0.2) is 0 Å². The van der Waals surface area contributed by atoms with E-state index in [1.54, 1.807) is 11.1 Å². The van der Waals surface area contributed by atoms with Crippen molar-refractivity contribution in [2.24, 2.45) is 17.3 Å². The molecule has 0 radical (unpaired) electrons. The fourth-order valence-electron chi connectivity index (χ4n) is 2.47. The highest BCUT2D eigenvalue weighted by Gasteiger charge is 2.32. The standard InChI is InChI=1S/C13H20/c1-9-5-6-10-7-11(8-12(9)10)13(2,3)4/h7-10H,5-6H2,1-4H3. The highest BCUT2D eigenvalue weighted by Crippen LogP contribution is 2.45. The lowest BCUT2D eigenvalue weighted by Gasteiger charge is -2.19. The van der Waals surface area contributed by atoms with E-state index < -0.39 is 0 Å². The number of hydrogen-bond acceptors (Lipinski definition) is 0. The molecule has 1 saturated carbocycles. The third-order valence-electron chi connectivity index (χ3n) is 3.48. The predicted octanol–water partition coefficient (Wildman–Crippen LogP) is 3.95. The maximum absolute atomic E-state index is 2.50. The molecule has 0 bridgehead atoms. The Morgan fingerprint density at radius 2 is 1.92 bits per heavy atom. The Kier molecular flexibility index (Phi) is 1.90. The van der Waals surface area contributed by atoms with Crippen molar-refractivity contribution in [3.05, 3.63) is 23.3 Å². The largest absolute Gasteiger partial charge is 0.0736 e. The number of hydrogen-bond donors (Lipinski definition) is 0. The summed E-state index contributed by atoms with van der Waals surface area (Å²) in [5, 5.41) is 0. The molecule has 0 spiro atoms. The molecule has 0 amide bonds. The highest BCUT2D eigenvalue weighted by molar-refractivity contribution is 5.41. The minimum atomic E-state index is 0.344. The maximum Gasteiger partial charge on any atom is -0.00111 e. The van der Waals surface area contributed by atoms with Crippen LogP contribution in [0.1, 0.15) is 40.5 Å². The molecule has 0 N–H and O–H groups in total. The van der Waals surface area contributed by atoms with Crippen LogP contribution in [-0.2, 0) is 0 Å². The van der Waals surface area contributed by atoms with Crippen molar-refractivity contribution in [3.63, 3.8) is 0 Å². The van der Waals surface area contributed by atoms with E-state index in [-0.39, 0.29) is 0 Å². The predicted molar refractivity (Wildman–Crippen MR) is 57.5 cm³/mol. The second-order valence-electron chi connectivity index (χ2n) is 5.60. The Balaban J connectivity index is 2.26. The smallest absolute Gasteiger partial charge is 0.00111 e. The van der Waals surface area contributed by atoms with Crippen molar-refractivity contribution in [2.45, 2.75) is 40.5 Å². The molecule has 1 fully saturated rings. The fourth-order valence-corrected chi connectivity index (χ4v) is 2.47. The number of rotatable bonds is 0. The van der Waals surface area contributed by atoms with Crippen LogP contribution in [0.3, 0.4) is 0 Å². The fraction of sp³-hybridized carbons (Fsp3) is 0.692. The minimum Gasteiger partial charge on any atom is -0.0736 e. The first-order valence-electron chi connectivity index (χ1n) is 5.42. The van der Waals surface area contributed by atoms with E-state index in [1.807, 2.05) is 0 Å². The van der Waals surface area contributed by atoms with Crippen LogP contribution < -0.4 is 0 Å². The quantitative estimate of drug-likeness (QED) is 0.524. The molecule has 0 aromatic carbocycles. The molecule has 0 aromatic heterocycles. The van der Waals surface area contributed by atoms with E-state index >= 15 is 0 Å². The van der Waals surface area contributed by atoms with E-state index in [4.69, 9.17) is 0 Å². The summed E-state index contributed by atoms with van der Waals surface area (Å²) in [5.41, 5.74) is 3.60. The molecular weight excluding hydrogens is 156 g/mol. The summed E-state index contributed by atoms with van der Waals surface area (Å²) in [5.74, 6) is 1.63. The monoisotopic (exact) mass is 176 g/mol. The minimum absolute atomic E-state index is 0.344. The van der Waals surface area contributed by atoms with Crippen LogP contribution in [-0.4, -0.2) is 0 Å². The van der Waals surface area contributed by atoms with Crippen LogP contribution in [0.5, 0.6) is 0 Å². The van der Waals surface area contributed by atoms with Crippen LogP contribution in [0.2, 0.25) is 0 Å². The van der Waals surface area contributed by atoms with Gasteiger partial charge in [-0.15, -0.1) is 0 Å². The van der Waals surface area contributed by atoms with Gasteiger partial charge in [0.2, 0.25) is 0 Å². The summed E-state index contributed by atoms with van der Waals surface area (Å²) in [4.78, 5) is 0. The van der Waals surface area contributed by atoms with Gasteiger partial charge in [-0.05, 0) is 35.7 Å². The van der Waals surface area contributed by atoms with E-state index in [2.05, 4.69) is 39.8 Å². The molecule has 72 valence electrons. The van der Waals surface area contributed by atoms with Crippen molar-refractivity contribution < 1.29 is 0 Å². The van der Waals surface area contributed by atoms with Gasteiger partial charge in [0.1, 0.15) is 0 Å². The molecule has 0 aromatic rings. The van der Waals surface area contributed by atoms with Gasteiger partial charge in [0, 0.05) is 0 Å². The lowest BCUT2D eigenvalue weighted by molar-refractivity contribution is 0.514. The first-order valence-corrected chi connectivity index (χ1v) is 5.42. The molecule has 2 rings (SSSR count). The Morgan fingerprint density at radius 1 is 1.23 bits per heavy atom. The molecule has 2 unspecified atom stereocenters. The molecular formula is C13H20. The topological polar surface area (TPSA) is 0 Å². The highest BCUT2D eigenvalue weighted by atomic mass is 14.4. The molecule has 0 aliphatic heterocycles. The van der Waals surface area contributed by atoms with Crippen LogP contribution in [0, 0.1) is 17.3 Å².